The van der Waals surface area contributed by atoms with Gasteiger partial charge in [-0.05, 0) is 30.3 Å². The van der Waals surface area contributed by atoms with E-state index in [1.807, 2.05) is 31.3 Å². The SMILES string of the molecule is CNCc1ccc(COc2ccccc2Cl)cc1. The van der Waals surface area contributed by atoms with Crippen LogP contribution < -0.4 is 10.1 Å². The first-order valence-corrected chi connectivity index (χ1v) is 6.27. The van der Waals surface area contributed by atoms with Gasteiger partial charge in [0.05, 0.1) is 5.02 Å². The molecule has 94 valence electrons. The van der Waals surface area contributed by atoms with Crippen LogP contribution in [-0.2, 0) is 13.2 Å². The molecule has 0 saturated heterocycles. The van der Waals surface area contributed by atoms with Gasteiger partial charge in [0.1, 0.15) is 12.4 Å². The summed E-state index contributed by atoms with van der Waals surface area (Å²) >= 11 is 6.02. The number of hydrogen-bond acceptors (Lipinski definition) is 2. The van der Waals surface area contributed by atoms with E-state index in [9.17, 15) is 0 Å². The molecule has 0 fully saturated rings. The van der Waals surface area contributed by atoms with Crippen LogP contribution in [0, 0.1) is 0 Å². The molecule has 2 aromatic carbocycles. The second kappa shape index (κ2) is 6.43. The molecule has 1 N–H and O–H groups in total. The Morgan fingerprint density at radius 1 is 1.00 bits per heavy atom. The fourth-order valence-corrected chi connectivity index (χ4v) is 1.87. The molecule has 0 unspecified atom stereocenters. The first kappa shape index (κ1) is 12.9. The second-order valence-electron chi connectivity index (χ2n) is 4.07. The van der Waals surface area contributed by atoms with E-state index in [4.69, 9.17) is 16.3 Å². The lowest BCUT2D eigenvalue weighted by Crippen LogP contribution is -2.05. The van der Waals surface area contributed by atoms with E-state index >= 15 is 0 Å². The van der Waals surface area contributed by atoms with E-state index in [-0.39, 0.29) is 0 Å². The topological polar surface area (TPSA) is 21.3 Å². The fourth-order valence-electron chi connectivity index (χ4n) is 1.68. The van der Waals surface area contributed by atoms with Crippen LogP contribution in [0.25, 0.3) is 0 Å². The number of hydrogen-bond donors (Lipinski definition) is 1. The average Bonchev–Trinajstić information content (AvgIpc) is 2.40. The predicted molar refractivity (Wildman–Crippen MR) is 75.0 cm³/mol. The molecule has 2 rings (SSSR count). The van der Waals surface area contributed by atoms with E-state index in [1.54, 1.807) is 0 Å². The van der Waals surface area contributed by atoms with Gasteiger partial charge in [0.25, 0.3) is 0 Å². The summed E-state index contributed by atoms with van der Waals surface area (Å²) in [7, 11) is 1.94. The smallest absolute Gasteiger partial charge is 0.138 e. The number of benzene rings is 2. The molecule has 0 aliphatic rings. The van der Waals surface area contributed by atoms with E-state index in [2.05, 4.69) is 29.6 Å². The third kappa shape index (κ3) is 3.49. The Morgan fingerprint density at radius 3 is 2.33 bits per heavy atom. The molecule has 2 aromatic rings. The molecule has 0 heterocycles. The van der Waals surface area contributed by atoms with Gasteiger partial charge in [-0.25, -0.2) is 0 Å². The molecular formula is C15H16ClNO. The summed E-state index contributed by atoms with van der Waals surface area (Å²) in [4.78, 5) is 0. The number of rotatable bonds is 5. The molecule has 2 nitrogen and oxygen atoms in total. The highest BCUT2D eigenvalue weighted by Gasteiger charge is 2.00. The monoisotopic (exact) mass is 261 g/mol. The molecule has 0 radical (unpaired) electrons. The lowest BCUT2D eigenvalue weighted by atomic mass is 10.1. The van der Waals surface area contributed by atoms with Gasteiger partial charge in [-0.1, -0.05) is 48.0 Å². The van der Waals surface area contributed by atoms with Crippen molar-refractivity contribution in [3.05, 3.63) is 64.7 Å². The van der Waals surface area contributed by atoms with Crippen LogP contribution in [0.15, 0.2) is 48.5 Å². The quantitative estimate of drug-likeness (QED) is 0.887. The number of halogens is 1. The van der Waals surface area contributed by atoms with Crippen molar-refractivity contribution < 1.29 is 4.74 Å². The third-order valence-corrected chi connectivity index (χ3v) is 2.95. The minimum absolute atomic E-state index is 0.531. The molecule has 0 aliphatic carbocycles. The van der Waals surface area contributed by atoms with Crippen molar-refractivity contribution in [1.82, 2.24) is 5.32 Å². The fraction of sp³-hybridized carbons (Fsp3) is 0.200. The lowest BCUT2D eigenvalue weighted by molar-refractivity contribution is 0.306. The van der Waals surface area contributed by atoms with E-state index in [0.29, 0.717) is 11.6 Å². The number of para-hydroxylation sites is 1. The Hall–Kier alpha value is -1.51. The average molecular weight is 262 g/mol. The van der Waals surface area contributed by atoms with Crippen LogP contribution in [0.5, 0.6) is 5.75 Å². The summed E-state index contributed by atoms with van der Waals surface area (Å²) in [5.74, 6) is 0.721. The number of nitrogens with one attached hydrogen (secondary N) is 1. The van der Waals surface area contributed by atoms with Crippen molar-refractivity contribution in [2.45, 2.75) is 13.2 Å². The van der Waals surface area contributed by atoms with Gasteiger partial charge in [-0.15, -0.1) is 0 Å². The zero-order chi connectivity index (χ0) is 12.8. The summed E-state index contributed by atoms with van der Waals surface area (Å²) < 4.78 is 5.68. The maximum atomic E-state index is 6.02. The lowest BCUT2D eigenvalue weighted by Gasteiger charge is -2.08. The molecule has 0 aliphatic heterocycles. The molecule has 0 spiro atoms. The summed E-state index contributed by atoms with van der Waals surface area (Å²) in [5.41, 5.74) is 2.40. The van der Waals surface area contributed by atoms with E-state index in [1.165, 1.54) is 5.56 Å². The van der Waals surface area contributed by atoms with Gasteiger partial charge >= 0.3 is 0 Å². The minimum Gasteiger partial charge on any atom is -0.487 e. The Bertz CT molecular complexity index is 496. The van der Waals surface area contributed by atoms with E-state index < -0.39 is 0 Å². The van der Waals surface area contributed by atoms with Crippen molar-refractivity contribution in [1.29, 1.82) is 0 Å². The zero-order valence-electron chi connectivity index (χ0n) is 10.3. The Morgan fingerprint density at radius 2 is 1.67 bits per heavy atom. The van der Waals surface area contributed by atoms with Gasteiger partial charge < -0.3 is 10.1 Å². The predicted octanol–water partition coefficient (Wildman–Crippen LogP) is 3.64. The molecule has 0 saturated carbocycles. The number of ether oxygens (including phenoxy) is 1. The van der Waals surface area contributed by atoms with Crippen LogP contribution >= 0.6 is 11.6 Å². The highest BCUT2D eigenvalue weighted by atomic mass is 35.5. The summed E-state index contributed by atoms with van der Waals surface area (Å²) in [6, 6.07) is 15.8. The van der Waals surface area contributed by atoms with Crippen LogP contribution in [0.4, 0.5) is 0 Å². The molecule has 0 amide bonds. The van der Waals surface area contributed by atoms with Crippen molar-refractivity contribution in [3.8, 4) is 5.75 Å². The molecular weight excluding hydrogens is 246 g/mol. The van der Waals surface area contributed by atoms with Gasteiger partial charge in [0.2, 0.25) is 0 Å². The Balaban J connectivity index is 1.96. The van der Waals surface area contributed by atoms with Gasteiger partial charge in [0.15, 0.2) is 0 Å². The van der Waals surface area contributed by atoms with Crippen LogP contribution in [0.1, 0.15) is 11.1 Å². The maximum Gasteiger partial charge on any atom is 0.138 e. The molecule has 0 atom stereocenters. The van der Waals surface area contributed by atoms with Crippen LogP contribution in [0.2, 0.25) is 5.02 Å². The first-order chi connectivity index (χ1) is 8.79. The summed E-state index contributed by atoms with van der Waals surface area (Å²) in [6.45, 7) is 1.41. The van der Waals surface area contributed by atoms with Crippen molar-refractivity contribution in [2.24, 2.45) is 0 Å². The van der Waals surface area contributed by atoms with Crippen molar-refractivity contribution in [2.75, 3.05) is 7.05 Å². The summed E-state index contributed by atoms with van der Waals surface area (Å²) in [6.07, 6.45) is 0. The highest BCUT2D eigenvalue weighted by molar-refractivity contribution is 6.32. The molecule has 0 aromatic heterocycles. The standard InChI is InChI=1S/C15H16ClNO/c1-17-10-12-6-8-13(9-7-12)11-18-15-5-3-2-4-14(15)16/h2-9,17H,10-11H2,1H3. The van der Waals surface area contributed by atoms with Crippen molar-refractivity contribution in [3.63, 3.8) is 0 Å². The van der Waals surface area contributed by atoms with Crippen LogP contribution in [0.3, 0.4) is 0 Å². The largest absolute Gasteiger partial charge is 0.487 e. The summed E-state index contributed by atoms with van der Waals surface area (Å²) in [5, 5.41) is 3.76. The van der Waals surface area contributed by atoms with Gasteiger partial charge in [0, 0.05) is 6.54 Å². The first-order valence-electron chi connectivity index (χ1n) is 5.89. The second-order valence-corrected chi connectivity index (χ2v) is 4.47. The Labute approximate surface area is 113 Å². The van der Waals surface area contributed by atoms with Gasteiger partial charge in [-0.3, -0.25) is 0 Å². The van der Waals surface area contributed by atoms with Crippen molar-refractivity contribution >= 4 is 11.6 Å². The third-order valence-electron chi connectivity index (χ3n) is 2.63. The van der Waals surface area contributed by atoms with Gasteiger partial charge in [-0.2, -0.15) is 0 Å². The Kier molecular flexibility index (Phi) is 4.62. The van der Waals surface area contributed by atoms with Crippen LogP contribution in [-0.4, -0.2) is 7.05 Å². The minimum atomic E-state index is 0.531. The molecule has 18 heavy (non-hydrogen) atoms. The zero-order valence-corrected chi connectivity index (χ0v) is 11.1. The highest BCUT2D eigenvalue weighted by Crippen LogP contribution is 2.24. The molecule has 0 bridgehead atoms. The maximum absolute atomic E-state index is 6.02. The van der Waals surface area contributed by atoms with E-state index in [0.717, 1.165) is 17.9 Å². The normalized spacial score (nSPS) is 10.3. The molecule has 3 heteroatoms.